The minimum Gasteiger partial charge on any atom is -0.451 e. The van der Waals surface area contributed by atoms with Crippen molar-refractivity contribution in [3.8, 4) is 0 Å². The number of Topliss-reactive ketones (excluding diaryl/α,β-unsaturated/α-hetero) is 1. The minimum atomic E-state index is -1.06. The van der Waals surface area contributed by atoms with Crippen LogP contribution in [-0.4, -0.2) is 33.8 Å². The molecule has 3 fully saturated rings. The Labute approximate surface area is 173 Å². The van der Waals surface area contributed by atoms with Crippen LogP contribution in [0.25, 0.3) is 0 Å². The number of hydrogen-bond acceptors (Lipinski definition) is 5. The zero-order chi connectivity index (χ0) is 21.4. The van der Waals surface area contributed by atoms with Gasteiger partial charge < -0.3 is 9.84 Å². The fourth-order valence-electron chi connectivity index (χ4n) is 8.06. The third-order valence-electron chi connectivity index (χ3n) is 9.29. The molecule has 0 aliphatic heterocycles. The summed E-state index contributed by atoms with van der Waals surface area (Å²) in [6, 6.07) is 0. The summed E-state index contributed by atoms with van der Waals surface area (Å²) in [6.45, 7) is 9.12. The standard InChI is InChI=1S/C24H34O5/c1-14(25)24(29-15(2)26)11-8-19-17-13-23(5,28)20-12-16(27)6-9-21(20,3)18(17)7-10-22(19,24)4/h12,17-19,28H,6-11,13H2,1-5H3/t17-,18+,19+,21-,22+,23+,24+/m1/s1. The van der Waals surface area contributed by atoms with Gasteiger partial charge in [-0.05, 0) is 87.2 Å². The molecule has 0 bridgehead atoms. The first kappa shape index (κ1) is 20.8. The summed E-state index contributed by atoms with van der Waals surface area (Å²) in [5, 5.41) is 11.4. The van der Waals surface area contributed by atoms with Crippen LogP contribution in [0.1, 0.15) is 79.6 Å². The second kappa shape index (κ2) is 6.26. The molecule has 0 amide bonds. The number of hydrogen-bond donors (Lipinski definition) is 1. The van der Waals surface area contributed by atoms with E-state index >= 15 is 0 Å². The molecule has 0 aromatic heterocycles. The van der Waals surface area contributed by atoms with Gasteiger partial charge in [-0.25, -0.2) is 0 Å². The molecule has 0 radical (unpaired) electrons. The van der Waals surface area contributed by atoms with E-state index in [0.29, 0.717) is 25.2 Å². The van der Waals surface area contributed by atoms with E-state index in [1.54, 1.807) is 13.0 Å². The third-order valence-corrected chi connectivity index (χ3v) is 9.29. The smallest absolute Gasteiger partial charge is 0.303 e. The minimum absolute atomic E-state index is 0.0613. The van der Waals surface area contributed by atoms with Crippen molar-refractivity contribution >= 4 is 17.5 Å². The van der Waals surface area contributed by atoms with E-state index in [-0.39, 0.29) is 28.8 Å². The van der Waals surface area contributed by atoms with E-state index in [9.17, 15) is 19.5 Å². The lowest BCUT2D eigenvalue weighted by Gasteiger charge is -2.62. The maximum atomic E-state index is 12.8. The van der Waals surface area contributed by atoms with Crippen molar-refractivity contribution < 1.29 is 24.2 Å². The Hall–Kier alpha value is -1.49. The lowest BCUT2D eigenvalue weighted by Crippen LogP contribution is -2.61. The third kappa shape index (κ3) is 2.65. The largest absolute Gasteiger partial charge is 0.451 e. The molecule has 0 aromatic rings. The van der Waals surface area contributed by atoms with E-state index in [2.05, 4.69) is 13.8 Å². The van der Waals surface area contributed by atoms with Crippen molar-refractivity contribution in [3.63, 3.8) is 0 Å². The summed E-state index contributed by atoms with van der Waals surface area (Å²) >= 11 is 0. The molecule has 160 valence electrons. The second-order valence-electron chi connectivity index (χ2n) is 10.8. The van der Waals surface area contributed by atoms with Gasteiger partial charge in [0, 0.05) is 18.8 Å². The zero-order valence-corrected chi connectivity index (χ0v) is 18.3. The van der Waals surface area contributed by atoms with Gasteiger partial charge in [-0.3, -0.25) is 14.4 Å². The van der Waals surface area contributed by atoms with Gasteiger partial charge in [0.15, 0.2) is 17.2 Å². The predicted octanol–water partition coefficient (Wildman–Crippen LogP) is 3.77. The van der Waals surface area contributed by atoms with Gasteiger partial charge in [-0.15, -0.1) is 0 Å². The quantitative estimate of drug-likeness (QED) is 0.711. The van der Waals surface area contributed by atoms with Crippen LogP contribution in [0.5, 0.6) is 0 Å². The number of carbonyl (C=O) groups excluding carboxylic acids is 3. The summed E-state index contributed by atoms with van der Waals surface area (Å²) in [5.41, 5.74) is -1.77. The predicted molar refractivity (Wildman–Crippen MR) is 108 cm³/mol. The molecule has 29 heavy (non-hydrogen) atoms. The zero-order valence-electron chi connectivity index (χ0n) is 18.3. The Balaban J connectivity index is 1.77. The molecule has 3 saturated carbocycles. The molecule has 0 aromatic carbocycles. The van der Waals surface area contributed by atoms with Gasteiger partial charge in [-0.1, -0.05) is 13.8 Å². The van der Waals surface area contributed by atoms with Crippen LogP contribution in [0.15, 0.2) is 11.6 Å². The van der Waals surface area contributed by atoms with Crippen molar-refractivity contribution in [1.29, 1.82) is 0 Å². The number of ether oxygens (including phenoxy) is 1. The lowest BCUT2D eigenvalue weighted by molar-refractivity contribution is -0.190. The number of rotatable bonds is 2. The molecule has 4 aliphatic carbocycles. The number of ketones is 2. The Bertz CT molecular complexity index is 810. The number of aliphatic hydroxyl groups is 1. The van der Waals surface area contributed by atoms with Crippen molar-refractivity contribution in [2.45, 2.75) is 90.8 Å². The van der Waals surface area contributed by atoms with Crippen LogP contribution in [0, 0.1) is 28.6 Å². The van der Waals surface area contributed by atoms with Crippen molar-refractivity contribution in [2.75, 3.05) is 0 Å². The van der Waals surface area contributed by atoms with Crippen LogP contribution < -0.4 is 0 Å². The molecule has 5 nitrogen and oxygen atoms in total. The summed E-state index contributed by atoms with van der Waals surface area (Å²) in [5.74, 6) is 0.489. The highest BCUT2D eigenvalue weighted by atomic mass is 16.6. The maximum absolute atomic E-state index is 12.8. The van der Waals surface area contributed by atoms with E-state index < -0.39 is 22.6 Å². The molecular weight excluding hydrogens is 368 g/mol. The van der Waals surface area contributed by atoms with Crippen LogP contribution in [0.3, 0.4) is 0 Å². The Morgan fingerprint density at radius 1 is 1.07 bits per heavy atom. The van der Waals surface area contributed by atoms with E-state index in [4.69, 9.17) is 4.74 Å². The topological polar surface area (TPSA) is 80.7 Å². The van der Waals surface area contributed by atoms with E-state index in [1.165, 1.54) is 6.92 Å². The molecule has 4 rings (SSSR count). The van der Waals surface area contributed by atoms with Gasteiger partial charge in [0.2, 0.25) is 0 Å². The van der Waals surface area contributed by atoms with Crippen LogP contribution >= 0.6 is 0 Å². The van der Waals surface area contributed by atoms with Crippen LogP contribution in [-0.2, 0) is 19.1 Å². The molecule has 4 aliphatic rings. The first-order valence-electron chi connectivity index (χ1n) is 11.1. The van der Waals surface area contributed by atoms with E-state index in [0.717, 1.165) is 31.3 Å². The van der Waals surface area contributed by atoms with Gasteiger partial charge >= 0.3 is 5.97 Å². The van der Waals surface area contributed by atoms with Crippen LogP contribution in [0.2, 0.25) is 0 Å². The molecule has 1 N–H and O–H groups in total. The van der Waals surface area contributed by atoms with E-state index in [1.807, 2.05) is 6.92 Å². The Morgan fingerprint density at radius 2 is 1.72 bits per heavy atom. The highest BCUT2D eigenvalue weighted by Gasteiger charge is 2.69. The molecular formula is C24H34O5. The first-order chi connectivity index (χ1) is 13.4. The highest BCUT2D eigenvalue weighted by Crippen LogP contribution is 2.69. The van der Waals surface area contributed by atoms with Crippen molar-refractivity contribution in [3.05, 3.63) is 11.6 Å². The lowest BCUT2D eigenvalue weighted by atomic mass is 9.44. The van der Waals surface area contributed by atoms with Gasteiger partial charge in [0.1, 0.15) is 0 Å². The average Bonchev–Trinajstić information content (AvgIpc) is 2.90. The summed E-state index contributed by atoms with van der Waals surface area (Å²) in [7, 11) is 0. The normalized spacial score (nSPS) is 48.8. The highest BCUT2D eigenvalue weighted by molar-refractivity contribution is 5.92. The molecule has 0 saturated heterocycles. The summed E-state index contributed by atoms with van der Waals surface area (Å²) in [6.07, 6.45) is 6.76. The summed E-state index contributed by atoms with van der Waals surface area (Å²) < 4.78 is 5.80. The second-order valence-corrected chi connectivity index (χ2v) is 10.8. The Morgan fingerprint density at radius 3 is 2.34 bits per heavy atom. The molecule has 5 heteroatoms. The summed E-state index contributed by atoms with van der Waals surface area (Å²) in [4.78, 5) is 36.9. The average molecular weight is 403 g/mol. The number of esters is 1. The maximum Gasteiger partial charge on any atom is 0.303 e. The molecule has 0 unspecified atom stereocenters. The SMILES string of the molecule is CC(=O)O[C@]1(C(C)=O)CC[C@H]2[C@@H]3C[C@](C)(O)C4=CC(=O)CC[C@]4(C)[C@H]3CC[C@@]21C. The Kier molecular flexibility index (Phi) is 4.48. The molecule has 0 heterocycles. The van der Waals surface area contributed by atoms with Gasteiger partial charge in [-0.2, -0.15) is 0 Å². The molecule has 0 spiro atoms. The van der Waals surface area contributed by atoms with Crippen molar-refractivity contribution in [1.82, 2.24) is 0 Å². The van der Waals surface area contributed by atoms with Crippen molar-refractivity contribution in [2.24, 2.45) is 28.6 Å². The fraction of sp³-hybridized carbons (Fsp3) is 0.792. The van der Waals surface area contributed by atoms with Gasteiger partial charge in [0.05, 0.1) is 5.60 Å². The fourth-order valence-corrected chi connectivity index (χ4v) is 8.06. The monoisotopic (exact) mass is 402 g/mol. The molecule has 7 atom stereocenters. The van der Waals surface area contributed by atoms with Gasteiger partial charge in [0.25, 0.3) is 0 Å². The number of carbonyl (C=O) groups is 3. The number of fused-ring (bicyclic) bond motifs is 5. The van der Waals surface area contributed by atoms with Crippen LogP contribution in [0.4, 0.5) is 0 Å². The first-order valence-corrected chi connectivity index (χ1v) is 11.1.